The maximum atomic E-state index is 12.3. The van der Waals surface area contributed by atoms with Crippen LogP contribution in [-0.2, 0) is 0 Å². The van der Waals surface area contributed by atoms with E-state index in [9.17, 15) is 20.1 Å². The van der Waals surface area contributed by atoms with Gasteiger partial charge in [-0.25, -0.2) is 0 Å². The fourth-order valence-corrected chi connectivity index (χ4v) is 2.09. The molecule has 0 aliphatic carbocycles. The molecule has 0 aliphatic rings. The van der Waals surface area contributed by atoms with Crippen LogP contribution in [-0.4, -0.2) is 22.4 Å². The summed E-state index contributed by atoms with van der Waals surface area (Å²) in [5.41, 5.74) is -0.591. The highest BCUT2D eigenvalue weighted by atomic mass is 16.5. The van der Waals surface area contributed by atoms with Crippen molar-refractivity contribution in [2.75, 3.05) is 7.11 Å². The molecule has 6 nitrogen and oxygen atoms in total. The van der Waals surface area contributed by atoms with E-state index in [0.717, 1.165) is 0 Å². The van der Waals surface area contributed by atoms with Crippen molar-refractivity contribution in [3.63, 3.8) is 0 Å². The Hall–Kier alpha value is -2.89. The smallest absolute Gasteiger partial charge is 0.204 e. The quantitative estimate of drug-likeness (QED) is 0.464. The number of hydrogen-bond donors (Lipinski definition) is 3. The number of rotatable bonds is 1. The summed E-state index contributed by atoms with van der Waals surface area (Å²) in [7, 11) is 1.41. The third-order valence-corrected chi connectivity index (χ3v) is 3.08. The fourth-order valence-electron chi connectivity index (χ4n) is 2.09. The highest BCUT2D eigenvalue weighted by Gasteiger charge is 2.17. The van der Waals surface area contributed by atoms with E-state index >= 15 is 0 Å². The van der Waals surface area contributed by atoms with Crippen molar-refractivity contribution in [3.8, 4) is 23.0 Å². The summed E-state index contributed by atoms with van der Waals surface area (Å²) in [6.45, 7) is 0. The molecular weight excluding hydrogens is 264 g/mol. The van der Waals surface area contributed by atoms with Crippen LogP contribution in [0.25, 0.3) is 21.9 Å². The van der Waals surface area contributed by atoms with Crippen LogP contribution in [0.1, 0.15) is 0 Å². The summed E-state index contributed by atoms with van der Waals surface area (Å²) >= 11 is 0. The van der Waals surface area contributed by atoms with E-state index in [2.05, 4.69) is 0 Å². The minimum Gasteiger partial charge on any atom is -0.507 e. The fraction of sp³-hybridized carbons (Fsp3) is 0.0714. The van der Waals surface area contributed by atoms with Crippen molar-refractivity contribution in [1.29, 1.82) is 0 Å². The first-order valence-electron chi connectivity index (χ1n) is 5.71. The Morgan fingerprint density at radius 3 is 2.55 bits per heavy atom. The van der Waals surface area contributed by atoms with Crippen molar-refractivity contribution in [2.45, 2.75) is 0 Å². The summed E-state index contributed by atoms with van der Waals surface area (Å²) in [4.78, 5) is 12.3. The average molecular weight is 274 g/mol. The molecule has 3 aromatic rings. The van der Waals surface area contributed by atoms with Gasteiger partial charge in [-0.15, -0.1) is 0 Å². The molecule has 0 unspecified atom stereocenters. The topological polar surface area (TPSA) is 100 Å². The van der Waals surface area contributed by atoms with Crippen LogP contribution in [0.3, 0.4) is 0 Å². The third kappa shape index (κ3) is 1.55. The van der Waals surface area contributed by atoms with E-state index in [0.29, 0.717) is 5.75 Å². The Morgan fingerprint density at radius 2 is 1.85 bits per heavy atom. The van der Waals surface area contributed by atoms with Gasteiger partial charge in [0, 0.05) is 12.1 Å². The van der Waals surface area contributed by atoms with Gasteiger partial charge in [0.25, 0.3) is 0 Å². The second-order valence-electron chi connectivity index (χ2n) is 4.26. The summed E-state index contributed by atoms with van der Waals surface area (Å²) in [5, 5.41) is 29.2. The monoisotopic (exact) mass is 274 g/mol. The molecule has 0 saturated carbocycles. The van der Waals surface area contributed by atoms with Crippen LogP contribution in [0, 0.1) is 0 Å². The van der Waals surface area contributed by atoms with Crippen molar-refractivity contribution in [1.82, 2.24) is 0 Å². The van der Waals surface area contributed by atoms with E-state index in [-0.39, 0.29) is 27.7 Å². The van der Waals surface area contributed by atoms with Crippen LogP contribution in [0.15, 0.2) is 33.5 Å². The Labute approximate surface area is 112 Å². The van der Waals surface area contributed by atoms with Gasteiger partial charge in [-0.3, -0.25) is 4.79 Å². The standard InChI is InChI=1S/C14H10O6/c1-19-6-4-9(16)11-10(5-6)20-14-7(12(11)17)2-3-8(15)13(14)18/h2-5,15-16,18H,1H3. The Morgan fingerprint density at radius 1 is 1.10 bits per heavy atom. The summed E-state index contributed by atoms with van der Waals surface area (Å²) < 4.78 is 10.4. The Bertz CT molecular complexity index is 894. The minimum absolute atomic E-state index is 0.0108. The van der Waals surface area contributed by atoms with Gasteiger partial charge in [0.1, 0.15) is 22.5 Å². The van der Waals surface area contributed by atoms with Gasteiger partial charge >= 0.3 is 0 Å². The van der Waals surface area contributed by atoms with Gasteiger partial charge < -0.3 is 24.5 Å². The summed E-state index contributed by atoms with van der Waals surface area (Å²) in [5.74, 6) is -0.893. The number of aromatic hydroxyl groups is 3. The van der Waals surface area contributed by atoms with Crippen molar-refractivity contribution in [3.05, 3.63) is 34.5 Å². The van der Waals surface area contributed by atoms with Crippen molar-refractivity contribution < 1.29 is 24.5 Å². The van der Waals surface area contributed by atoms with E-state index in [1.807, 2.05) is 0 Å². The molecule has 6 heteroatoms. The van der Waals surface area contributed by atoms with E-state index in [4.69, 9.17) is 9.15 Å². The minimum atomic E-state index is -0.524. The molecule has 0 spiro atoms. The zero-order valence-corrected chi connectivity index (χ0v) is 10.4. The van der Waals surface area contributed by atoms with Crippen molar-refractivity contribution in [2.24, 2.45) is 0 Å². The van der Waals surface area contributed by atoms with Gasteiger partial charge in [0.2, 0.25) is 11.2 Å². The molecule has 1 aromatic heterocycles. The zero-order chi connectivity index (χ0) is 14.4. The molecule has 0 saturated heterocycles. The van der Waals surface area contributed by atoms with Crippen LogP contribution >= 0.6 is 0 Å². The number of phenolic OH excluding ortho intramolecular Hbond substituents is 3. The predicted molar refractivity (Wildman–Crippen MR) is 71.5 cm³/mol. The van der Waals surface area contributed by atoms with Crippen LogP contribution < -0.4 is 10.2 Å². The molecule has 1 heterocycles. The molecular formula is C14H10O6. The highest BCUT2D eigenvalue weighted by Crippen LogP contribution is 2.36. The molecule has 20 heavy (non-hydrogen) atoms. The maximum absolute atomic E-state index is 12.3. The van der Waals surface area contributed by atoms with Crippen LogP contribution in [0.2, 0.25) is 0 Å². The molecule has 3 rings (SSSR count). The Kier molecular flexibility index (Phi) is 2.47. The van der Waals surface area contributed by atoms with Crippen LogP contribution in [0.4, 0.5) is 0 Å². The second kappa shape index (κ2) is 4.06. The molecule has 0 bridgehead atoms. The number of hydrogen-bond acceptors (Lipinski definition) is 6. The van der Waals surface area contributed by atoms with E-state index < -0.39 is 16.9 Å². The Balaban J connectivity index is 2.57. The van der Waals surface area contributed by atoms with Gasteiger partial charge in [-0.1, -0.05) is 0 Å². The van der Waals surface area contributed by atoms with E-state index in [1.165, 1.54) is 31.4 Å². The lowest BCUT2D eigenvalue weighted by Gasteiger charge is -2.07. The summed E-state index contributed by atoms with van der Waals surface area (Å²) in [6, 6.07) is 5.21. The van der Waals surface area contributed by atoms with Crippen molar-refractivity contribution >= 4 is 21.9 Å². The van der Waals surface area contributed by atoms with Crippen LogP contribution in [0.5, 0.6) is 23.0 Å². The molecule has 0 radical (unpaired) electrons. The van der Waals surface area contributed by atoms with Gasteiger partial charge in [-0.2, -0.15) is 0 Å². The summed E-state index contributed by atoms with van der Waals surface area (Å²) in [6.07, 6.45) is 0. The van der Waals surface area contributed by atoms with Gasteiger partial charge in [-0.05, 0) is 12.1 Å². The normalized spacial score (nSPS) is 11.1. The molecule has 2 aromatic carbocycles. The number of fused-ring (bicyclic) bond motifs is 2. The largest absolute Gasteiger partial charge is 0.507 e. The van der Waals surface area contributed by atoms with Gasteiger partial charge in [0.15, 0.2) is 11.3 Å². The van der Waals surface area contributed by atoms with Gasteiger partial charge in [0.05, 0.1) is 12.5 Å². The first-order chi connectivity index (χ1) is 9.52. The maximum Gasteiger partial charge on any atom is 0.204 e. The number of benzene rings is 2. The lowest BCUT2D eigenvalue weighted by atomic mass is 10.1. The molecule has 3 N–H and O–H groups in total. The first kappa shape index (κ1) is 12.2. The van der Waals surface area contributed by atoms with E-state index in [1.54, 1.807) is 0 Å². The number of phenols is 3. The lowest BCUT2D eigenvalue weighted by Crippen LogP contribution is -2.02. The number of ether oxygens (including phenoxy) is 1. The molecule has 0 amide bonds. The third-order valence-electron chi connectivity index (χ3n) is 3.08. The molecule has 0 aliphatic heterocycles. The highest BCUT2D eigenvalue weighted by molar-refractivity contribution is 5.96. The second-order valence-corrected chi connectivity index (χ2v) is 4.26. The predicted octanol–water partition coefficient (Wildman–Crippen LogP) is 2.07. The zero-order valence-electron chi connectivity index (χ0n) is 10.4. The SMILES string of the molecule is COc1cc(O)c2c(=O)c3ccc(O)c(O)c3oc2c1. The molecule has 102 valence electrons. The lowest BCUT2D eigenvalue weighted by molar-refractivity contribution is 0.400. The first-order valence-corrected chi connectivity index (χ1v) is 5.71. The molecule has 0 atom stereocenters. The average Bonchev–Trinajstić information content (AvgIpc) is 2.43. The number of methoxy groups -OCH3 is 1. The molecule has 0 fully saturated rings.